The normalized spacial score (nSPS) is 11.9. The first-order chi connectivity index (χ1) is 21.8. The summed E-state index contributed by atoms with van der Waals surface area (Å²) in [4.78, 5) is 46.0. The van der Waals surface area contributed by atoms with Crippen LogP contribution in [-0.4, -0.2) is 28.0 Å². The average Bonchev–Trinajstić information content (AvgIpc) is 3.74. The largest absolute Gasteiger partial charge is 0.321 e. The summed E-state index contributed by atoms with van der Waals surface area (Å²) in [5.74, 6) is -1.16. The summed E-state index contributed by atoms with van der Waals surface area (Å²) in [6, 6.07) is 24.6. The molecule has 0 aliphatic heterocycles. The van der Waals surface area contributed by atoms with E-state index in [4.69, 9.17) is 23.2 Å². The van der Waals surface area contributed by atoms with Crippen LogP contribution in [0.3, 0.4) is 0 Å². The fourth-order valence-electron chi connectivity index (χ4n) is 4.10. The van der Waals surface area contributed by atoms with E-state index in [2.05, 4.69) is 20.9 Å². The van der Waals surface area contributed by atoms with Gasteiger partial charge in [-0.2, -0.15) is 0 Å². The molecule has 0 fully saturated rings. The van der Waals surface area contributed by atoms with Crippen LogP contribution in [0.15, 0.2) is 106 Å². The van der Waals surface area contributed by atoms with E-state index >= 15 is 0 Å². The van der Waals surface area contributed by atoms with Crippen LogP contribution in [0.2, 0.25) is 10.0 Å². The van der Waals surface area contributed by atoms with E-state index in [-0.39, 0.29) is 11.6 Å². The Morgan fingerprint density at radius 3 is 2.49 bits per heavy atom. The Hall–Kier alpha value is -3.93. The highest BCUT2D eigenvalue weighted by molar-refractivity contribution is 8.00. The van der Waals surface area contributed by atoms with Gasteiger partial charge in [-0.15, -0.1) is 34.4 Å². The Morgan fingerprint density at radius 2 is 1.76 bits per heavy atom. The maximum Gasteiger partial charge on any atom is 0.272 e. The number of thiophene rings is 1. The average molecular weight is 694 g/mol. The third-order valence-electron chi connectivity index (χ3n) is 6.33. The van der Waals surface area contributed by atoms with Crippen LogP contribution in [-0.2, 0) is 9.59 Å². The highest BCUT2D eigenvalue weighted by Gasteiger charge is 2.21. The molecule has 2 aromatic heterocycles. The summed E-state index contributed by atoms with van der Waals surface area (Å²) in [6.07, 6.45) is 2.07. The van der Waals surface area contributed by atoms with Crippen LogP contribution in [0.25, 0.3) is 16.6 Å². The number of halogens is 2. The highest BCUT2D eigenvalue weighted by Crippen LogP contribution is 2.31. The monoisotopic (exact) mass is 692 g/mol. The molecule has 0 aliphatic rings. The number of nitrogens with one attached hydrogen (secondary N) is 3. The molecule has 0 saturated carbocycles. The van der Waals surface area contributed by atoms with E-state index in [0.717, 1.165) is 15.5 Å². The first-order valence-electron chi connectivity index (χ1n) is 13.7. The zero-order chi connectivity index (χ0) is 31.8. The van der Waals surface area contributed by atoms with E-state index < -0.39 is 17.1 Å². The predicted molar refractivity (Wildman–Crippen MR) is 187 cm³/mol. The number of nitrogens with zero attached hydrogens (tertiary/aromatic N) is 1. The van der Waals surface area contributed by atoms with Gasteiger partial charge in [0.25, 0.3) is 11.8 Å². The maximum absolute atomic E-state index is 13.5. The molecule has 228 valence electrons. The highest BCUT2D eigenvalue weighted by atomic mass is 35.5. The van der Waals surface area contributed by atoms with Gasteiger partial charge in [-0.05, 0) is 72.0 Å². The van der Waals surface area contributed by atoms with Gasteiger partial charge in [0.15, 0.2) is 5.13 Å². The molecular weight excluding hydrogens is 667 g/mol. The van der Waals surface area contributed by atoms with Crippen LogP contribution < -0.4 is 16.0 Å². The van der Waals surface area contributed by atoms with Crippen LogP contribution >= 0.6 is 57.6 Å². The smallest absolute Gasteiger partial charge is 0.272 e. The lowest BCUT2D eigenvalue weighted by Gasteiger charge is -2.15. The molecule has 3 aromatic carbocycles. The molecule has 5 rings (SSSR count). The first-order valence-corrected chi connectivity index (χ1v) is 17.1. The second-order valence-corrected chi connectivity index (χ2v) is 13.5. The van der Waals surface area contributed by atoms with Crippen molar-refractivity contribution in [1.29, 1.82) is 0 Å². The molecule has 1 atom stereocenters. The summed E-state index contributed by atoms with van der Waals surface area (Å²) < 4.78 is 0. The van der Waals surface area contributed by atoms with Gasteiger partial charge in [-0.1, -0.05) is 66.5 Å². The van der Waals surface area contributed by atoms with Crippen molar-refractivity contribution < 1.29 is 14.4 Å². The Bertz CT molecular complexity index is 1840. The zero-order valence-corrected chi connectivity index (χ0v) is 27.7. The molecule has 0 spiro atoms. The molecule has 12 heteroatoms. The molecule has 3 amide bonds. The SMILES string of the molecule is CCC(Sc1cccc(NC(=O)/C(=C\c2ccc(Cl)cc2Cl)NC(=O)c2ccccc2)c1)C(=O)Nc1nc(-c2cccs2)cs1. The second kappa shape index (κ2) is 15.4. The number of thiazole rings is 1. The number of amides is 3. The molecule has 0 aliphatic carbocycles. The van der Waals surface area contributed by atoms with Gasteiger partial charge in [0.2, 0.25) is 5.91 Å². The second-order valence-electron chi connectivity index (χ2n) is 9.55. The Balaban J connectivity index is 1.29. The minimum Gasteiger partial charge on any atom is -0.321 e. The lowest BCUT2D eigenvalue weighted by atomic mass is 10.1. The number of aromatic nitrogens is 1. The molecule has 0 saturated heterocycles. The summed E-state index contributed by atoms with van der Waals surface area (Å²) in [5.41, 5.74) is 2.20. The number of carbonyl (C=O) groups is 3. The van der Waals surface area contributed by atoms with Crippen molar-refractivity contribution in [2.24, 2.45) is 0 Å². The van der Waals surface area contributed by atoms with Gasteiger partial charge in [0.1, 0.15) is 5.70 Å². The van der Waals surface area contributed by atoms with Gasteiger partial charge in [0, 0.05) is 31.6 Å². The fraction of sp³-hybridized carbons (Fsp3) is 0.0909. The Labute approximate surface area is 282 Å². The molecular formula is C33H26Cl2N4O3S3. The fourth-order valence-corrected chi connectivity index (χ4v) is 7.05. The summed E-state index contributed by atoms with van der Waals surface area (Å²) >= 11 is 16.8. The number of rotatable bonds is 11. The Morgan fingerprint density at radius 1 is 0.933 bits per heavy atom. The molecule has 0 radical (unpaired) electrons. The minimum absolute atomic E-state index is 0.0118. The minimum atomic E-state index is -0.553. The lowest BCUT2D eigenvalue weighted by Crippen LogP contribution is -2.30. The molecule has 3 N–H and O–H groups in total. The van der Waals surface area contributed by atoms with Gasteiger partial charge in [0.05, 0.1) is 15.8 Å². The molecule has 45 heavy (non-hydrogen) atoms. The molecule has 1 unspecified atom stereocenters. The number of benzene rings is 3. The van der Waals surface area contributed by atoms with Gasteiger partial charge < -0.3 is 16.0 Å². The molecule has 2 heterocycles. The standard InChI is InChI=1S/C33H26Cl2N4O3S3/c1-2-28(32(42)39-33-38-27(19-44-33)29-12-7-15-43-29)45-24-11-6-10-23(18-24)36-31(41)26(16-21-13-14-22(34)17-25(21)35)37-30(40)20-8-4-3-5-9-20/h3-19,28H,2H2,1H3,(H,36,41)(H,37,40)(H,38,39,42)/b26-16+. The summed E-state index contributed by atoms with van der Waals surface area (Å²) in [6.45, 7) is 1.94. The van der Waals surface area contributed by atoms with E-state index in [0.29, 0.717) is 38.4 Å². The van der Waals surface area contributed by atoms with E-state index in [1.807, 2.05) is 35.9 Å². The van der Waals surface area contributed by atoms with Crippen molar-refractivity contribution in [3.8, 4) is 10.6 Å². The van der Waals surface area contributed by atoms with Gasteiger partial charge in [-0.25, -0.2) is 4.98 Å². The molecule has 7 nitrogen and oxygen atoms in total. The van der Waals surface area contributed by atoms with Crippen LogP contribution in [0, 0.1) is 0 Å². The van der Waals surface area contributed by atoms with Crippen LogP contribution in [0.5, 0.6) is 0 Å². The number of hydrogen-bond donors (Lipinski definition) is 3. The number of carbonyl (C=O) groups excluding carboxylic acids is 3. The third-order valence-corrected chi connectivity index (χ3v) is 9.90. The van der Waals surface area contributed by atoms with Crippen molar-refractivity contribution in [1.82, 2.24) is 10.3 Å². The molecule has 0 bridgehead atoms. The zero-order valence-electron chi connectivity index (χ0n) is 23.8. The first kappa shape index (κ1) is 32.5. The van der Waals surface area contributed by atoms with Gasteiger partial charge >= 0.3 is 0 Å². The van der Waals surface area contributed by atoms with E-state index in [9.17, 15) is 14.4 Å². The van der Waals surface area contributed by atoms with Crippen molar-refractivity contribution >= 4 is 92.3 Å². The quantitative estimate of drug-likeness (QED) is 0.0947. The van der Waals surface area contributed by atoms with Gasteiger partial charge in [-0.3, -0.25) is 14.4 Å². The van der Waals surface area contributed by atoms with Crippen molar-refractivity contribution in [3.63, 3.8) is 0 Å². The topological polar surface area (TPSA) is 100 Å². The van der Waals surface area contributed by atoms with Crippen molar-refractivity contribution in [2.75, 3.05) is 10.6 Å². The summed E-state index contributed by atoms with van der Waals surface area (Å²) in [5, 5.41) is 13.3. The van der Waals surface area contributed by atoms with Crippen LogP contribution in [0.4, 0.5) is 10.8 Å². The third kappa shape index (κ3) is 8.84. The summed E-state index contributed by atoms with van der Waals surface area (Å²) in [7, 11) is 0. The van der Waals surface area contributed by atoms with E-state index in [1.165, 1.54) is 29.2 Å². The van der Waals surface area contributed by atoms with Crippen molar-refractivity contribution in [2.45, 2.75) is 23.5 Å². The van der Waals surface area contributed by atoms with Crippen molar-refractivity contribution in [3.05, 3.63) is 123 Å². The lowest BCUT2D eigenvalue weighted by molar-refractivity contribution is -0.116. The number of hydrogen-bond acceptors (Lipinski definition) is 7. The Kier molecular flexibility index (Phi) is 11.1. The van der Waals surface area contributed by atoms with E-state index in [1.54, 1.807) is 78.1 Å². The predicted octanol–water partition coefficient (Wildman–Crippen LogP) is 9.10. The molecule has 5 aromatic rings. The van der Waals surface area contributed by atoms with Crippen LogP contribution in [0.1, 0.15) is 29.3 Å². The maximum atomic E-state index is 13.5. The number of thioether (sulfide) groups is 1. The number of anilines is 2.